The Morgan fingerprint density at radius 2 is 2.17 bits per heavy atom. The Labute approximate surface area is 111 Å². The maximum absolute atomic E-state index is 11.4. The monoisotopic (exact) mass is 255 g/mol. The molecule has 1 saturated heterocycles. The molecule has 1 aliphatic rings. The molecule has 3 unspecified atom stereocenters. The molecular formula is C14H29N3O. The maximum Gasteiger partial charge on any atom is 0.234 e. The summed E-state index contributed by atoms with van der Waals surface area (Å²) >= 11 is 0. The molecule has 4 heteroatoms. The second-order valence-corrected chi connectivity index (χ2v) is 5.72. The third-order valence-electron chi connectivity index (χ3n) is 3.94. The number of rotatable bonds is 7. The first-order chi connectivity index (χ1) is 8.54. The van der Waals surface area contributed by atoms with Crippen LogP contribution in [-0.4, -0.2) is 42.5 Å². The molecule has 0 radical (unpaired) electrons. The maximum atomic E-state index is 11.4. The summed E-state index contributed by atoms with van der Waals surface area (Å²) in [5.41, 5.74) is 5.44. The van der Waals surface area contributed by atoms with Gasteiger partial charge in [-0.25, -0.2) is 0 Å². The van der Waals surface area contributed by atoms with Crippen LogP contribution in [0.5, 0.6) is 0 Å². The predicted molar refractivity (Wildman–Crippen MR) is 75.3 cm³/mol. The van der Waals surface area contributed by atoms with Gasteiger partial charge in [0, 0.05) is 19.1 Å². The number of hydrogen-bond acceptors (Lipinski definition) is 3. The first-order valence-corrected chi connectivity index (χ1v) is 7.31. The Bertz CT molecular complexity index is 257. The van der Waals surface area contributed by atoms with Gasteiger partial charge in [-0.3, -0.25) is 4.79 Å². The lowest BCUT2D eigenvalue weighted by Crippen LogP contribution is -2.47. The fraction of sp³-hybridized carbons (Fsp3) is 0.929. The number of carbonyl (C=O) groups is 1. The van der Waals surface area contributed by atoms with Crippen molar-refractivity contribution in [3.05, 3.63) is 0 Å². The summed E-state index contributed by atoms with van der Waals surface area (Å²) in [5.74, 6) is 0.554. The van der Waals surface area contributed by atoms with E-state index in [4.69, 9.17) is 5.73 Å². The zero-order valence-electron chi connectivity index (χ0n) is 12.1. The number of piperidine rings is 1. The van der Waals surface area contributed by atoms with E-state index in [0.717, 1.165) is 38.4 Å². The van der Waals surface area contributed by atoms with Crippen LogP contribution in [0.3, 0.4) is 0 Å². The van der Waals surface area contributed by atoms with Crippen LogP contribution in [0.4, 0.5) is 0 Å². The van der Waals surface area contributed by atoms with E-state index >= 15 is 0 Å². The van der Waals surface area contributed by atoms with E-state index in [-0.39, 0.29) is 11.9 Å². The standard InChI is InChI=1S/C14H29N3O/c1-4-8-16-13(14(15)18)7-9-17-10-11(2)5-6-12(17)3/h11-13,16H,4-10H2,1-3H3,(H2,15,18). The number of carbonyl (C=O) groups excluding carboxylic acids is 1. The normalized spacial score (nSPS) is 27.1. The summed E-state index contributed by atoms with van der Waals surface area (Å²) in [6.45, 7) is 9.67. The smallest absolute Gasteiger partial charge is 0.234 e. The van der Waals surface area contributed by atoms with Crippen molar-refractivity contribution in [3.8, 4) is 0 Å². The molecule has 0 aromatic heterocycles. The lowest BCUT2D eigenvalue weighted by atomic mass is 9.94. The lowest BCUT2D eigenvalue weighted by molar-refractivity contribution is -0.120. The summed E-state index contributed by atoms with van der Waals surface area (Å²) in [7, 11) is 0. The van der Waals surface area contributed by atoms with Crippen molar-refractivity contribution >= 4 is 5.91 Å². The lowest BCUT2D eigenvalue weighted by Gasteiger charge is -2.37. The molecule has 3 N–H and O–H groups in total. The first kappa shape index (κ1) is 15.4. The third kappa shape index (κ3) is 4.94. The van der Waals surface area contributed by atoms with Gasteiger partial charge in [-0.15, -0.1) is 0 Å². The molecule has 0 aromatic carbocycles. The summed E-state index contributed by atoms with van der Waals surface area (Å²) in [6.07, 6.45) is 4.45. The van der Waals surface area contributed by atoms with E-state index < -0.39 is 0 Å². The van der Waals surface area contributed by atoms with E-state index in [9.17, 15) is 4.79 Å². The zero-order chi connectivity index (χ0) is 13.5. The van der Waals surface area contributed by atoms with E-state index in [1.165, 1.54) is 12.8 Å². The number of primary amides is 1. The van der Waals surface area contributed by atoms with Gasteiger partial charge in [0.2, 0.25) is 5.91 Å². The SMILES string of the molecule is CCCNC(CCN1CC(C)CCC1C)C(N)=O. The Balaban J connectivity index is 2.37. The van der Waals surface area contributed by atoms with Gasteiger partial charge in [0.1, 0.15) is 0 Å². The topological polar surface area (TPSA) is 58.4 Å². The summed E-state index contributed by atoms with van der Waals surface area (Å²) < 4.78 is 0. The summed E-state index contributed by atoms with van der Waals surface area (Å²) in [5, 5.41) is 3.23. The van der Waals surface area contributed by atoms with Gasteiger partial charge < -0.3 is 16.0 Å². The highest BCUT2D eigenvalue weighted by Gasteiger charge is 2.24. The van der Waals surface area contributed by atoms with Crippen LogP contribution in [0.25, 0.3) is 0 Å². The van der Waals surface area contributed by atoms with Crippen molar-refractivity contribution in [3.63, 3.8) is 0 Å². The number of hydrogen-bond donors (Lipinski definition) is 2. The number of nitrogens with zero attached hydrogens (tertiary/aromatic N) is 1. The van der Waals surface area contributed by atoms with Crippen molar-refractivity contribution in [2.75, 3.05) is 19.6 Å². The highest BCUT2D eigenvalue weighted by atomic mass is 16.1. The average molecular weight is 255 g/mol. The molecule has 1 rings (SSSR count). The van der Waals surface area contributed by atoms with Gasteiger partial charge >= 0.3 is 0 Å². The van der Waals surface area contributed by atoms with Crippen LogP contribution in [0.2, 0.25) is 0 Å². The first-order valence-electron chi connectivity index (χ1n) is 7.31. The van der Waals surface area contributed by atoms with Crippen molar-refractivity contribution < 1.29 is 4.79 Å². The second kappa shape index (κ2) is 7.74. The molecule has 0 bridgehead atoms. The number of nitrogens with two attached hydrogens (primary N) is 1. The van der Waals surface area contributed by atoms with Crippen molar-refractivity contribution in [2.24, 2.45) is 11.7 Å². The predicted octanol–water partition coefficient (Wildman–Crippen LogP) is 1.35. The fourth-order valence-electron chi connectivity index (χ4n) is 2.65. The zero-order valence-corrected chi connectivity index (χ0v) is 12.1. The Morgan fingerprint density at radius 3 is 2.78 bits per heavy atom. The molecule has 0 aliphatic carbocycles. The highest BCUT2D eigenvalue weighted by molar-refractivity contribution is 5.79. The number of nitrogens with one attached hydrogen (secondary N) is 1. The molecule has 3 atom stereocenters. The van der Waals surface area contributed by atoms with E-state index in [2.05, 4.69) is 31.0 Å². The largest absolute Gasteiger partial charge is 0.368 e. The number of amides is 1. The van der Waals surface area contributed by atoms with Gasteiger partial charge in [-0.2, -0.15) is 0 Å². The molecule has 1 heterocycles. The molecule has 4 nitrogen and oxygen atoms in total. The Morgan fingerprint density at radius 1 is 1.44 bits per heavy atom. The van der Waals surface area contributed by atoms with Gasteiger partial charge in [-0.05, 0) is 45.1 Å². The summed E-state index contributed by atoms with van der Waals surface area (Å²) in [4.78, 5) is 13.9. The van der Waals surface area contributed by atoms with Crippen LogP contribution in [0, 0.1) is 5.92 Å². The van der Waals surface area contributed by atoms with E-state index in [1.807, 2.05) is 0 Å². The number of likely N-dealkylation sites (tertiary alicyclic amines) is 1. The second-order valence-electron chi connectivity index (χ2n) is 5.72. The van der Waals surface area contributed by atoms with Gasteiger partial charge in [0.05, 0.1) is 6.04 Å². The minimum absolute atomic E-state index is 0.172. The van der Waals surface area contributed by atoms with Gasteiger partial charge in [-0.1, -0.05) is 13.8 Å². The van der Waals surface area contributed by atoms with Crippen molar-refractivity contribution in [2.45, 2.75) is 58.5 Å². The highest BCUT2D eigenvalue weighted by Crippen LogP contribution is 2.21. The van der Waals surface area contributed by atoms with Crippen LogP contribution < -0.4 is 11.1 Å². The Hall–Kier alpha value is -0.610. The molecule has 0 saturated carbocycles. The molecular weight excluding hydrogens is 226 g/mol. The molecule has 0 spiro atoms. The molecule has 1 amide bonds. The molecule has 1 aliphatic heterocycles. The molecule has 0 aromatic rings. The van der Waals surface area contributed by atoms with Crippen LogP contribution in [0.1, 0.15) is 46.5 Å². The molecule has 18 heavy (non-hydrogen) atoms. The van der Waals surface area contributed by atoms with Crippen LogP contribution in [-0.2, 0) is 4.79 Å². The Kier molecular flexibility index (Phi) is 6.65. The van der Waals surface area contributed by atoms with Crippen molar-refractivity contribution in [1.82, 2.24) is 10.2 Å². The van der Waals surface area contributed by atoms with E-state index in [1.54, 1.807) is 0 Å². The van der Waals surface area contributed by atoms with Gasteiger partial charge in [0.25, 0.3) is 0 Å². The minimum atomic E-state index is -0.221. The summed E-state index contributed by atoms with van der Waals surface area (Å²) in [6, 6.07) is 0.468. The van der Waals surface area contributed by atoms with Crippen LogP contribution >= 0.6 is 0 Å². The van der Waals surface area contributed by atoms with Gasteiger partial charge in [0.15, 0.2) is 0 Å². The quantitative estimate of drug-likeness (QED) is 0.722. The van der Waals surface area contributed by atoms with Crippen LogP contribution in [0.15, 0.2) is 0 Å². The molecule has 1 fully saturated rings. The average Bonchev–Trinajstić information content (AvgIpc) is 2.33. The minimum Gasteiger partial charge on any atom is -0.368 e. The van der Waals surface area contributed by atoms with Crippen molar-refractivity contribution in [1.29, 1.82) is 0 Å². The van der Waals surface area contributed by atoms with E-state index in [0.29, 0.717) is 6.04 Å². The molecule has 106 valence electrons. The third-order valence-corrected chi connectivity index (χ3v) is 3.94. The fourth-order valence-corrected chi connectivity index (χ4v) is 2.65.